The maximum atomic E-state index is 11.9. The molecule has 108 valence electrons. The highest BCUT2D eigenvalue weighted by Crippen LogP contribution is 2.03. The van der Waals surface area contributed by atoms with Crippen molar-refractivity contribution < 1.29 is 8.42 Å². The van der Waals surface area contributed by atoms with E-state index in [-0.39, 0.29) is 10.5 Å². The molecular weight excluding hydrogens is 266 g/mol. The van der Waals surface area contributed by atoms with Crippen molar-refractivity contribution >= 4 is 10.0 Å². The molecule has 0 aliphatic heterocycles. The SMILES string of the molecule is CCN(CC)CCCNS(=O)(=O)c1ccc(=O)[nH]c1. The molecule has 1 aromatic heterocycles. The van der Waals surface area contributed by atoms with E-state index in [0.29, 0.717) is 6.54 Å². The molecule has 7 heteroatoms. The second-order valence-electron chi connectivity index (χ2n) is 4.17. The summed E-state index contributed by atoms with van der Waals surface area (Å²) in [6.45, 7) is 7.33. The van der Waals surface area contributed by atoms with Crippen LogP contribution in [0.25, 0.3) is 0 Å². The van der Waals surface area contributed by atoms with Gasteiger partial charge in [-0.25, -0.2) is 13.1 Å². The fraction of sp³-hybridized carbons (Fsp3) is 0.583. The normalized spacial score (nSPS) is 11.9. The summed E-state index contributed by atoms with van der Waals surface area (Å²) in [6.07, 6.45) is 1.96. The van der Waals surface area contributed by atoms with E-state index in [9.17, 15) is 13.2 Å². The van der Waals surface area contributed by atoms with Crippen LogP contribution in [0, 0.1) is 0 Å². The Bertz CT molecular complexity index is 515. The minimum atomic E-state index is -3.53. The maximum absolute atomic E-state index is 11.9. The topological polar surface area (TPSA) is 82.3 Å². The smallest absolute Gasteiger partial charge is 0.247 e. The van der Waals surface area contributed by atoms with Crippen LogP contribution in [0.5, 0.6) is 0 Å². The molecule has 0 unspecified atom stereocenters. The van der Waals surface area contributed by atoms with Crippen molar-refractivity contribution in [3.8, 4) is 0 Å². The summed E-state index contributed by atoms with van der Waals surface area (Å²) in [5.74, 6) is 0. The summed E-state index contributed by atoms with van der Waals surface area (Å²) >= 11 is 0. The Morgan fingerprint density at radius 1 is 1.26 bits per heavy atom. The molecule has 19 heavy (non-hydrogen) atoms. The number of aromatic nitrogens is 1. The van der Waals surface area contributed by atoms with Crippen molar-refractivity contribution in [3.63, 3.8) is 0 Å². The highest BCUT2D eigenvalue weighted by Gasteiger charge is 2.13. The van der Waals surface area contributed by atoms with Gasteiger partial charge in [-0.3, -0.25) is 4.79 Å². The van der Waals surface area contributed by atoms with Gasteiger partial charge in [0.05, 0.1) is 4.90 Å². The first-order chi connectivity index (χ1) is 8.99. The molecule has 0 aromatic carbocycles. The van der Waals surface area contributed by atoms with Gasteiger partial charge in [0.25, 0.3) is 0 Å². The van der Waals surface area contributed by atoms with Gasteiger partial charge >= 0.3 is 0 Å². The van der Waals surface area contributed by atoms with Gasteiger partial charge in [-0.2, -0.15) is 0 Å². The second kappa shape index (κ2) is 7.42. The Hall–Kier alpha value is -1.18. The molecule has 0 aliphatic carbocycles. The van der Waals surface area contributed by atoms with Crippen LogP contribution >= 0.6 is 0 Å². The van der Waals surface area contributed by atoms with Crippen LogP contribution in [0.2, 0.25) is 0 Å². The van der Waals surface area contributed by atoms with Gasteiger partial charge in [-0.1, -0.05) is 13.8 Å². The van der Waals surface area contributed by atoms with Gasteiger partial charge in [0, 0.05) is 18.8 Å². The molecule has 0 amide bonds. The summed E-state index contributed by atoms with van der Waals surface area (Å²) in [5, 5.41) is 0. The van der Waals surface area contributed by atoms with Crippen LogP contribution in [0.3, 0.4) is 0 Å². The van der Waals surface area contributed by atoms with Gasteiger partial charge in [0.15, 0.2) is 0 Å². The third-order valence-corrected chi connectivity index (χ3v) is 4.36. The molecule has 0 bridgehead atoms. The Kier molecular flexibility index (Phi) is 6.20. The standard InChI is InChI=1S/C12H21N3O3S/c1-3-15(4-2)9-5-8-14-19(17,18)11-6-7-12(16)13-10-11/h6-7,10,14H,3-5,8-9H2,1-2H3,(H,13,16). The Labute approximate surface area is 113 Å². The average molecular weight is 287 g/mol. The molecular formula is C12H21N3O3S. The van der Waals surface area contributed by atoms with Crippen molar-refractivity contribution in [1.29, 1.82) is 0 Å². The summed E-state index contributed by atoms with van der Waals surface area (Å²) < 4.78 is 26.3. The molecule has 0 saturated carbocycles. The van der Waals surface area contributed by atoms with E-state index in [1.54, 1.807) is 0 Å². The number of nitrogens with zero attached hydrogens (tertiary/aromatic N) is 1. The van der Waals surface area contributed by atoms with Crippen molar-refractivity contribution in [2.75, 3.05) is 26.2 Å². The number of hydrogen-bond donors (Lipinski definition) is 2. The van der Waals surface area contributed by atoms with Crippen LogP contribution < -0.4 is 10.3 Å². The lowest BCUT2D eigenvalue weighted by atomic mass is 10.4. The van der Waals surface area contributed by atoms with Crippen LogP contribution in [0.15, 0.2) is 28.0 Å². The third kappa shape index (κ3) is 5.14. The Morgan fingerprint density at radius 3 is 2.47 bits per heavy atom. The van der Waals surface area contributed by atoms with E-state index in [1.807, 2.05) is 0 Å². The van der Waals surface area contributed by atoms with Gasteiger partial charge in [-0.05, 0) is 32.1 Å². The quantitative estimate of drug-likeness (QED) is 0.677. The molecule has 0 atom stereocenters. The predicted octanol–water partition coefficient (Wildman–Crippen LogP) is 0.385. The van der Waals surface area contributed by atoms with Gasteiger partial charge in [0.1, 0.15) is 0 Å². The molecule has 1 heterocycles. The molecule has 0 aliphatic rings. The lowest BCUT2D eigenvalue weighted by molar-refractivity contribution is 0.300. The molecule has 2 N–H and O–H groups in total. The first kappa shape index (κ1) is 15.9. The first-order valence-electron chi connectivity index (χ1n) is 6.40. The predicted molar refractivity (Wildman–Crippen MR) is 74.7 cm³/mol. The number of sulfonamides is 1. The minimum Gasteiger partial charge on any atom is -0.328 e. The van der Waals surface area contributed by atoms with Crippen LogP contribution in [-0.2, 0) is 10.0 Å². The van der Waals surface area contributed by atoms with E-state index in [2.05, 4.69) is 28.5 Å². The van der Waals surface area contributed by atoms with E-state index in [4.69, 9.17) is 0 Å². The van der Waals surface area contributed by atoms with Crippen molar-refractivity contribution in [3.05, 3.63) is 28.7 Å². The van der Waals surface area contributed by atoms with Gasteiger partial charge < -0.3 is 9.88 Å². The first-order valence-corrected chi connectivity index (χ1v) is 7.88. The second-order valence-corrected chi connectivity index (χ2v) is 5.93. The number of hydrogen-bond acceptors (Lipinski definition) is 4. The van der Waals surface area contributed by atoms with Crippen molar-refractivity contribution in [2.45, 2.75) is 25.2 Å². The maximum Gasteiger partial charge on any atom is 0.247 e. The molecule has 0 spiro atoms. The molecule has 1 rings (SSSR count). The van der Waals surface area contributed by atoms with E-state index >= 15 is 0 Å². The third-order valence-electron chi connectivity index (χ3n) is 2.90. The molecule has 0 fully saturated rings. The minimum absolute atomic E-state index is 0.0786. The fourth-order valence-corrected chi connectivity index (χ4v) is 2.74. The van der Waals surface area contributed by atoms with Crippen molar-refractivity contribution in [1.82, 2.24) is 14.6 Å². The number of rotatable bonds is 8. The summed E-state index contributed by atoms with van der Waals surface area (Å²) in [5.41, 5.74) is -0.319. The lowest BCUT2D eigenvalue weighted by Gasteiger charge is -2.17. The van der Waals surface area contributed by atoms with E-state index in [1.165, 1.54) is 18.3 Å². The van der Waals surface area contributed by atoms with Crippen LogP contribution in [-0.4, -0.2) is 44.5 Å². The zero-order valence-electron chi connectivity index (χ0n) is 11.3. The Morgan fingerprint density at radius 2 is 1.95 bits per heavy atom. The Balaban J connectivity index is 2.48. The molecule has 0 saturated heterocycles. The summed E-state index contributed by atoms with van der Waals surface area (Å²) in [4.78, 5) is 15.5. The average Bonchev–Trinajstić information content (AvgIpc) is 2.39. The highest BCUT2D eigenvalue weighted by molar-refractivity contribution is 7.89. The van der Waals surface area contributed by atoms with Gasteiger partial charge in [-0.15, -0.1) is 0 Å². The molecule has 0 radical (unpaired) electrons. The monoisotopic (exact) mass is 287 g/mol. The number of H-pyrrole nitrogens is 1. The lowest BCUT2D eigenvalue weighted by Crippen LogP contribution is -2.30. The van der Waals surface area contributed by atoms with Crippen molar-refractivity contribution in [2.24, 2.45) is 0 Å². The number of pyridine rings is 1. The van der Waals surface area contributed by atoms with Crippen LogP contribution in [0.1, 0.15) is 20.3 Å². The van der Waals surface area contributed by atoms with E-state index in [0.717, 1.165) is 26.1 Å². The summed E-state index contributed by atoms with van der Waals surface area (Å²) in [6, 6.07) is 2.50. The number of nitrogens with one attached hydrogen (secondary N) is 2. The van der Waals surface area contributed by atoms with Gasteiger partial charge in [0.2, 0.25) is 15.6 Å². The highest BCUT2D eigenvalue weighted by atomic mass is 32.2. The zero-order chi connectivity index (χ0) is 14.3. The summed E-state index contributed by atoms with van der Waals surface area (Å²) in [7, 11) is -3.53. The molecule has 1 aromatic rings. The van der Waals surface area contributed by atoms with Crippen LogP contribution in [0.4, 0.5) is 0 Å². The van der Waals surface area contributed by atoms with E-state index < -0.39 is 10.0 Å². The number of aromatic amines is 1. The molecule has 6 nitrogen and oxygen atoms in total. The largest absolute Gasteiger partial charge is 0.328 e. The fourth-order valence-electron chi connectivity index (χ4n) is 1.70. The zero-order valence-corrected chi connectivity index (χ0v) is 12.2.